The van der Waals surface area contributed by atoms with Crippen molar-refractivity contribution in [3.63, 3.8) is 0 Å². The van der Waals surface area contributed by atoms with E-state index in [0.29, 0.717) is 18.0 Å². The topological polar surface area (TPSA) is 45.2 Å². The van der Waals surface area contributed by atoms with Gasteiger partial charge in [-0.25, -0.2) is 9.37 Å². The minimum Gasteiger partial charge on any atom is -0.337 e. The van der Waals surface area contributed by atoms with Gasteiger partial charge >= 0.3 is 0 Å². The highest BCUT2D eigenvalue weighted by molar-refractivity contribution is 7.09. The smallest absolute Gasteiger partial charge is 0.273 e. The molecule has 1 aromatic carbocycles. The Kier molecular flexibility index (Phi) is 10.2. The molecule has 1 N–H and O–H groups in total. The fourth-order valence-electron chi connectivity index (χ4n) is 3.12. The van der Waals surface area contributed by atoms with Crippen molar-refractivity contribution in [1.29, 1.82) is 0 Å². The van der Waals surface area contributed by atoms with E-state index in [9.17, 15) is 9.18 Å². The molecule has 3 rings (SSSR count). The van der Waals surface area contributed by atoms with Gasteiger partial charge in [-0.2, -0.15) is 0 Å². The molecule has 0 saturated carbocycles. The molecule has 0 bridgehead atoms. The van der Waals surface area contributed by atoms with Gasteiger partial charge < -0.3 is 10.2 Å². The van der Waals surface area contributed by atoms with Gasteiger partial charge in [0.2, 0.25) is 0 Å². The molecule has 0 atom stereocenters. The van der Waals surface area contributed by atoms with Crippen LogP contribution in [-0.2, 0) is 6.42 Å². The lowest BCUT2D eigenvalue weighted by atomic mass is 9.96. The maximum Gasteiger partial charge on any atom is 0.273 e. The second-order valence-electron chi connectivity index (χ2n) is 6.47. The fourth-order valence-corrected chi connectivity index (χ4v) is 3.92. The maximum absolute atomic E-state index is 13.0. The number of nitrogens with zero attached hydrogens (tertiary/aromatic N) is 2. The van der Waals surface area contributed by atoms with E-state index >= 15 is 0 Å². The van der Waals surface area contributed by atoms with E-state index in [0.717, 1.165) is 49.6 Å². The number of halogens is 3. The monoisotopic (exact) mass is 433 g/mol. The van der Waals surface area contributed by atoms with Gasteiger partial charge in [0.1, 0.15) is 11.5 Å². The molecule has 27 heavy (non-hydrogen) atoms. The summed E-state index contributed by atoms with van der Waals surface area (Å²) in [4.78, 5) is 19.0. The highest BCUT2D eigenvalue weighted by Gasteiger charge is 2.24. The van der Waals surface area contributed by atoms with E-state index in [1.807, 2.05) is 10.3 Å². The third-order valence-electron chi connectivity index (χ3n) is 4.62. The average Bonchev–Trinajstić information content (AvgIpc) is 3.10. The molecule has 0 radical (unpaired) electrons. The van der Waals surface area contributed by atoms with Gasteiger partial charge in [-0.3, -0.25) is 4.79 Å². The zero-order chi connectivity index (χ0) is 17.6. The van der Waals surface area contributed by atoms with Crippen LogP contribution < -0.4 is 5.32 Å². The quantitative estimate of drug-likeness (QED) is 0.742. The van der Waals surface area contributed by atoms with Crippen LogP contribution in [0.1, 0.15) is 40.8 Å². The highest BCUT2D eigenvalue weighted by atomic mass is 35.5. The fraction of sp³-hybridized carbons (Fsp3) is 0.474. The summed E-state index contributed by atoms with van der Waals surface area (Å²) in [5, 5.41) is 6.11. The molecule has 1 aliphatic heterocycles. The molecule has 0 spiro atoms. The van der Waals surface area contributed by atoms with Gasteiger partial charge in [-0.1, -0.05) is 19.1 Å². The summed E-state index contributed by atoms with van der Waals surface area (Å²) in [7, 11) is 0. The van der Waals surface area contributed by atoms with Gasteiger partial charge in [-0.05, 0) is 49.5 Å². The summed E-state index contributed by atoms with van der Waals surface area (Å²) in [5.74, 6) is 0.452. The van der Waals surface area contributed by atoms with Crippen LogP contribution in [0.3, 0.4) is 0 Å². The molecule has 8 heteroatoms. The summed E-state index contributed by atoms with van der Waals surface area (Å²) in [6.07, 6.45) is 2.72. The first-order chi connectivity index (χ1) is 12.2. The van der Waals surface area contributed by atoms with Crippen molar-refractivity contribution in [2.24, 2.45) is 5.92 Å². The highest BCUT2D eigenvalue weighted by Crippen LogP contribution is 2.20. The second-order valence-corrected chi connectivity index (χ2v) is 7.42. The van der Waals surface area contributed by atoms with Gasteiger partial charge in [0.25, 0.3) is 5.91 Å². The van der Waals surface area contributed by atoms with E-state index < -0.39 is 0 Å². The lowest BCUT2D eigenvalue weighted by Crippen LogP contribution is -2.40. The van der Waals surface area contributed by atoms with Crippen LogP contribution in [0.2, 0.25) is 0 Å². The Morgan fingerprint density at radius 2 is 1.93 bits per heavy atom. The summed E-state index contributed by atoms with van der Waals surface area (Å²) < 4.78 is 13.0. The van der Waals surface area contributed by atoms with Crippen LogP contribution in [0.25, 0.3) is 0 Å². The van der Waals surface area contributed by atoms with Gasteiger partial charge in [0.05, 0.1) is 5.01 Å². The number of hydrogen-bond acceptors (Lipinski definition) is 4. The van der Waals surface area contributed by atoms with Crippen molar-refractivity contribution in [3.05, 3.63) is 51.7 Å². The molecule has 150 valence electrons. The lowest BCUT2D eigenvalue weighted by molar-refractivity contribution is 0.0685. The van der Waals surface area contributed by atoms with Gasteiger partial charge in [0, 0.05) is 24.9 Å². The number of carbonyl (C=O) groups excluding carboxylic acids is 1. The first-order valence-electron chi connectivity index (χ1n) is 8.84. The molecule has 1 aromatic heterocycles. The van der Waals surface area contributed by atoms with E-state index in [4.69, 9.17) is 0 Å². The Morgan fingerprint density at radius 3 is 2.56 bits per heavy atom. The Labute approximate surface area is 176 Å². The standard InChI is InChI=1S/C19H24FN3OS.2ClH/c1-2-21-12-15-7-9-23(10-8-15)19(24)17-13-25-18(22-17)11-14-3-5-16(20)6-4-14;;/h3-6,13,15,21H,2,7-12H2,1H3;2*1H. The van der Waals surface area contributed by atoms with E-state index in [1.54, 1.807) is 12.1 Å². The number of aromatic nitrogens is 1. The van der Waals surface area contributed by atoms with Crippen molar-refractivity contribution in [2.45, 2.75) is 26.2 Å². The van der Waals surface area contributed by atoms with Crippen LogP contribution in [0, 0.1) is 11.7 Å². The second kappa shape index (κ2) is 11.6. The SMILES string of the molecule is CCNCC1CCN(C(=O)c2csc(Cc3ccc(F)cc3)n2)CC1.Cl.Cl. The summed E-state index contributed by atoms with van der Waals surface area (Å²) in [5.41, 5.74) is 1.53. The molecule has 2 aromatic rings. The number of carbonyl (C=O) groups is 1. The molecule has 1 saturated heterocycles. The lowest BCUT2D eigenvalue weighted by Gasteiger charge is -2.31. The molecule has 0 aliphatic carbocycles. The maximum atomic E-state index is 13.0. The minimum atomic E-state index is -0.240. The van der Waals surface area contributed by atoms with Crippen molar-refractivity contribution < 1.29 is 9.18 Å². The number of thiazole rings is 1. The molecule has 1 aliphatic rings. The van der Waals surface area contributed by atoms with Crippen molar-refractivity contribution in [3.8, 4) is 0 Å². The number of nitrogens with one attached hydrogen (secondary N) is 1. The Morgan fingerprint density at radius 1 is 1.26 bits per heavy atom. The predicted octanol–water partition coefficient (Wildman–Crippen LogP) is 4.18. The van der Waals surface area contributed by atoms with Gasteiger partial charge in [-0.15, -0.1) is 36.2 Å². The zero-order valence-electron chi connectivity index (χ0n) is 15.3. The van der Waals surface area contributed by atoms with Crippen molar-refractivity contribution in [1.82, 2.24) is 15.2 Å². The summed E-state index contributed by atoms with van der Waals surface area (Å²) in [6.45, 7) is 5.76. The predicted molar refractivity (Wildman–Crippen MR) is 113 cm³/mol. The molecule has 1 amide bonds. The van der Waals surface area contributed by atoms with E-state index in [1.165, 1.54) is 23.5 Å². The third-order valence-corrected chi connectivity index (χ3v) is 5.47. The molecular weight excluding hydrogens is 408 g/mol. The largest absolute Gasteiger partial charge is 0.337 e. The minimum absolute atomic E-state index is 0. The van der Waals surface area contributed by atoms with Crippen LogP contribution in [0.15, 0.2) is 29.6 Å². The van der Waals surface area contributed by atoms with Gasteiger partial charge in [0.15, 0.2) is 0 Å². The van der Waals surface area contributed by atoms with Crippen molar-refractivity contribution in [2.75, 3.05) is 26.2 Å². The Balaban J connectivity index is 0.00000182. The number of amides is 1. The number of benzene rings is 1. The number of piperidine rings is 1. The zero-order valence-corrected chi connectivity index (χ0v) is 17.8. The van der Waals surface area contributed by atoms with Crippen LogP contribution >= 0.6 is 36.2 Å². The molecular formula is C19H26Cl2FN3OS. The van der Waals surface area contributed by atoms with Crippen molar-refractivity contribution >= 4 is 42.1 Å². The first-order valence-corrected chi connectivity index (χ1v) is 9.72. The van der Waals surface area contributed by atoms with E-state index in [-0.39, 0.29) is 36.5 Å². The average molecular weight is 434 g/mol. The third kappa shape index (κ3) is 6.71. The van der Waals surface area contributed by atoms with Crippen LogP contribution in [0.5, 0.6) is 0 Å². The molecule has 4 nitrogen and oxygen atoms in total. The van der Waals surface area contributed by atoms with Crippen LogP contribution in [-0.4, -0.2) is 42.0 Å². The summed E-state index contributed by atoms with van der Waals surface area (Å²) >= 11 is 1.49. The van der Waals surface area contributed by atoms with E-state index in [2.05, 4.69) is 17.2 Å². The molecule has 0 unspecified atom stereocenters. The number of rotatable bonds is 6. The first kappa shape index (κ1) is 23.8. The number of likely N-dealkylation sites (tertiary alicyclic amines) is 1. The summed E-state index contributed by atoms with van der Waals surface area (Å²) in [6, 6.07) is 6.42. The normalized spacial score (nSPS) is 14.4. The Bertz CT molecular complexity index is 703. The van der Waals surface area contributed by atoms with Crippen LogP contribution in [0.4, 0.5) is 4.39 Å². The molecule has 2 heterocycles. The number of hydrogen-bond donors (Lipinski definition) is 1. The Hall–Kier alpha value is -1.21. The molecule has 1 fully saturated rings.